The number of hydrogen-bond donors (Lipinski definition) is 1. The zero-order valence-electron chi connectivity index (χ0n) is 12.8. The molecule has 1 atom stereocenters. The van der Waals surface area contributed by atoms with Crippen molar-refractivity contribution in [3.63, 3.8) is 0 Å². The van der Waals surface area contributed by atoms with Gasteiger partial charge in [0.05, 0.1) is 28.9 Å². The Morgan fingerprint density at radius 1 is 1.33 bits per heavy atom. The van der Waals surface area contributed by atoms with Gasteiger partial charge in [0.15, 0.2) is 5.13 Å². The lowest BCUT2D eigenvalue weighted by Crippen LogP contribution is -2.27. The predicted octanol–water partition coefficient (Wildman–Crippen LogP) is 2.88. The van der Waals surface area contributed by atoms with Gasteiger partial charge in [-0.25, -0.2) is 4.98 Å². The molecule has 2 amide bonds. The highest BCUT2D eigenvalue weighted by Crippen LogP contribution is 2.27. The topological polar surface area (TPSA) is 75.4 Å². The van der Waals surface area contributed by atoms with Gasteiger partial charge < -0.3 is 14.6 Å². The number of anilines is 1. The first-order valence-electron chi connectivity index (χ1n) is 7.65. The van der Waals surface area contributed by atoms with Crippen LogP contribution >= 0.6 is 11.3 Å². The highest BCUT2D eigenvalue weighted by molar-refractivity contribution is 7.22. The molecule has 3 heterocycles. The fourth-order valence-corrected chi connectivity index (χ4v) is 3.69. The molecule has 24 heavy (non-hydrogen) atoms. The summed E-state index contributed by atoms with van der Waals surface area (Å²) in [6, 6.07) is 11.3. The molecule has 0 aliphatic carbocycles. The van der Waals surface area contributed by atoms with E-state index in [4.69, 9.17) is 4.42 Å². The molecule has 122 valence electrons. The van der Waals surface area contributed by atoms with E-state index >= 15 is 0 Å². The molecule has 0 saturated carbocycles. The van der Waals surface area contributed by atoms with Crippen molar-refractivity contribution in [2.45, 2.75) is 13.0 Å². The second-order valence-corrected chi connectivity index (χ2v) is 6.76. The number of nitrogens with one attached hydrogen (secondary N) is 1. The Hall–Kier alpha value is -2.67. The van der Waals surface area contributed by atoms with Crippen molar-refractivity contribution < 1.29 is 14.0 Å². The van der Waals surface area contributed by atoms with Crippen LogP contribution in [0.15, 0.2) is 47.1 Å². The number of fused-ring (bicyclic) bond motifs is 1. The second-order valence-electron chi connectivity index (χ2n) is 5.73. The number of nitrogens with zero attached hydrogens (tertiary/aromatic N) is 2. The molecule has 1 saturated heterocycles. The first kappa shape index (κ1) is 14.9. The Balaban J connectivity index is 1.42. The van der Waals surface area contributed by atoms with Crippen molar-refractivity contribution >= 4 is 38.5 Å². The van der Waals surface area contributed by atoms with E-state index in [0.29, 0.717) is 18.2 Å². The van der Waals surface area contributed by atoms with Crippen LogP contribution in [0.5, 0.6) is 0 Å². The van der Waals surface area contributed by atoms with E-state index in [1.165, 1.54) is 11.3 Å². The summed E-state index contributed by atoms with van der Waals surface area (Å²) >= 11 is 1.43. The Kier molecular flexibility index (Phi) is 3.78. The highest BCUT2D eigenvalue weighted by Gasteiger charge is 2.34. The summed E-state index contributed by atoms with van der Waals surface area (Å²) < 4.78 is 6.29. The van der Waals surface area contributed by atoms with Crippen LogP contribution in [0.4, 0.5) is 5.13 Å². The Morgan fingerprint density at radius 3 is 3.00 bits per heavy atom. The van der Waals surface area contributed by atoms with Gasteiger partial charge in [-0.1, -0.05) is 23.5 Å². The zero-order valence-corrected chi connectivity index (χ0v) is 13.6. The molecule has 0 bridgehead atoms. The maximum Gasteiger partial charge on any atom is 0.231 e. The van der Waals surface area contributed by atoms with E-state index in [-0.39, 0.29) is 24.2 Å². The van der Waals surface area contributed by atoms with Gasteiger partial charge in [-0.2, -0.15) is 0 Å². The predicted molar refractivity (Wildman–Crippen MR) is 90.5 cm³/mol. The zero-order chi connectivity index (χ0) is 16.5. The molecule has 7 heteroatoms. The fourth-order valence-electron chi connectivity index (χ4n) is 2.82. The van der Waals surface area contributed by atoms with Gasteiger partial charge in [0, 0.05) is 13.0 Å². The fraction of sp³-hybridized carbons (Fsp3) is 0.235. The smallest absolute Gasteiger partial charge is 0.231 e. The number of carbonyl (C=O) groups excluding carboxylic acids is 2. The van der Waals surface area contributed by atoms with Crippen LogP contribution in [-0.4, -0.2) is 28.2 Å². The molecule has 1 unspecified atom stereocenters. The van der Waals surface area contributed by atoms with E-state index in [0.717, 1.165) is 16.0 Å². The summed E-state index contributed by atoms with van der Waals surface area (Å²) in [5.41, 5.74) is 0.861. The minimum absolute atomic E-state index is 0.0316. The number of amides is 2. The normalized spacial score (nSPS) is 17.6. The summed E-state index contributed by atoms with van der Waals surface area (Å²) in [4.78, 5) is 30.6. The second kappa shape index (κ2) is 6.09. The van der Waals surface area contributed by atoms with Crippen LogP contribution in [0.2, 0.25) is 0 Å². The summed E-state index contributed by atoms with van der Waals surface area (Å²) in [7, 11) is 0. The van der Waals surface area contributed by atoms with E-state index in [2.05, 4.69) is 10.3 Å². The quantitative estimate of drug-likeness (QED) is 0.792. The van der Waals surface area contributed by atoms with E-state index in [1.807, 2.05) is 30.3 Å². The Labute approximate surface area is 142 Å². The van der Waals surface area contributed by atoms with Crippen LogP contribution in [0.1, 0.15) is 12.2 Å². The third kappa shape index (κ3) is 2.90. The third-order valence-corrected chi connectivity index (χ3v) is 4.99. The van der Waals surface area contributed by atoms with Crippen molar-refractivity contribution in [1.82, 2.24) is 9.88 Å². The standard InChI is InChI=1S/C17H15N3O3S/c21-15-8-11(9-20(15)10-12-4-3-7-23-12)16(22)19-17-18-13-5-1-2-6-14(13)24-17/h1-7,11H,8-10H2,(H,18,19,22). The first-order chi connectivity index (χ1) is 11.7. The molecule has 1 aliphatic rings. The van der Waals surface area contributed by atoms with Gasteiger partial charge in [-0.05, 0) is 24.3 Å². The van der Waals surface area contributed by atoms with Crippen molar-refractivity contribution in [3.05, 3.63) is 48.4 Å². The van der Waals surface area contributed by atoms with Gasteiger partial charge in [0.1, 0.15) is 5.76 Å². The summed E-state index contributed by atoms with van der Waals surface area (Å²) in [5.74, 6) is 0.162. The maximum absolute atomic E-state index is 12.4. The molecule has 6 nitrogen and oxygen atoms in total. The largest absolute Gasteiger partial charge is 0.467 e. The molecule has 1 N–H and O–H groups in total. The lowest BCUT2D eigenvalue weighted by molar-refractivity contribution is -0.128. The highest BCUT2D eigenvalue weighted by atomic mass is 32.1. The molecule has 3 aromatic rings. The van der Waals surface area contributed by atoms with Crippen LogP contribution < -0.4 is 5.32 Å². The number of aromatic nitrogens is 1. The van der Waals surface area contributed by atoms with Crippen LogP contribution in [0.3, 0.4) is 0 Å². The number of likely N-dealkylation sites (tertiary alicyclic amines) is 1. The number of carbonyl (C=O) groups is 2. The molecule has 2 aromatic heterocycles. The monoisotopic (exact) mass is 341 g/mol. The molecule has 1 fully saturated rings. The molecule has 1 aromatic carbocycles. The van der Waals surface area contributed by atoms with E-state index in [9.17, 15) is 9.59 Å². The van der Waals surface area contributed by atoms with Gasteiger partial charge in [-0.3, -0.25) is 9.59 Å². The molecular formula is C17H15N3O3S. The van der Waals surface area contributed by atoms with Gasteiger partial charge in [-0.15, -0.1) is 0 Å². The van der Waals surface area contributed by atoms with Crippen LogP contribution in [0.25, 0.3) is 10.2 Å². The minimum atomic E-state index is -0.362. The molecule has 4 rings (SSSR count). The maximum atomic E-state index is 12.4. The van der Waals surface area contributed by atoms with Gasteiger partial charge >= 0.3 is 0 Å². The number of rotatable bonds is 4. The average Bonchev–Trinajstić information content (AvgIpc) is 3.28. The molecule has 0 spiro atoms. The number of furan rings is 1. The van der Waals surface area contributed by atoms with E-state index < -0.39 is 0 Å². The van der Waals surface area contributed by atoms with Gasteiger partial charge in [0.25, 0.3) is 0 Å². The van der Waals surface area contributed by atoms with E-state index in [1.54, 1.807) is 17.2 Å². The van der Waals surface area contributed by atoms with Crippen molar-refractivity contribution in [1.29, 1.82) is 0 Å². The summed E-state index contributed by atoms with van der Waals surface area (Å²) in [6.45, 7) is 0.799. The average molecular weight is 341 g/mol. The number of para-hydroxylation sites is 1. The van der Waals surface area contributed by atoms with Crippen molar-refractivity contribution in [2.24, 2.45) is 5.92 Å². The third-order valence-electron chi connectivity index (χ3n) is 4.04. The lowest BCUT2D eigenvalue weighted by Gasteiger charge is -2.14. The lowest BCUT2D eigenvalue weighted by atomic mass is 10.1. The Bertz CT molecular complexity index is 855. The number of hydrogen-bond acceptors (Lipinski definition) is 5. The molecule has 1 aliphatic heterocycles. The van der Waals surface area contributed by atoms with Crippen LogP contribution in [-0.2, 0) is 16.1 Å². The van der Waals surface area contributed by atoms with Gasteiger partial charge in [0.2, 0.25) is 11.8 Å². The number of benzene rings is 1. The summed E-state index contributed by atoms with van der Waals surface area (Å²) in [5, 5.41) is 3.41. The minimum Gasteiger partial charge on any atom is -0.467 e. The Morgan fingerprint density at radius 2 is 2.21 bits per heavy atom. The number of thiazole rings is 1. The first-order valence-corrected chi connectivity index (χ1v) is 8.47. The summed E-state index contributed by atoms with van der Waals surface area (Å²) in [6.07, 6.45) is 1.80. The van der Waals surface area contributed by atoms with Crippen molar-refractivity contribution in [3.8, 4) is 0 Å². The van der Waals surface area contributed by atoms with Crippen LogP contribution in [0, 0.1) is 5.92 Å². The molecular weight excluding hydrogens is 326 g/mol. The SMILES string of the molecule is O=C(Nc1nc2ccccc2s1)C1CC(=O)N(Cc2ccco2)C1. The molecule has 0 radical (unpaired) electrons. The van der Waals surface area contributed by atoms with Crippen molar-refractivity contribution in [2.75, 3.05) is 11.9 Å².